The van der Waals surface area contributed by atoms with Crippen molar-refractivity contribution in [3.8, 4) is 0 Å². The minimum absolute atomic E-state index is 0.257. The quantitative estimate of drug-likeness (QED) is 0.814. The SMILES string of the molecule is CCc1ccc(S(=O)(=O)NCC2CCSC2)cc1N. The van der Waals surface area contributed by atoms with Gasteiger partial charge in [0.25, 0.3) is 0 Å². The third-order valence-corrected chi connectivity index (χ3v) is 6.05. The van der Waals surface area contributed by atoms with Crippen molar-refractivity contribution in [3.63, 3.8) is 0 Å². The summed E-state index contributed by atoms with van der Waals surface area (Å²) in [7, 11) is -3.43. The van der Waals surface area contributed by atoms with Gasteiger partial charge in [-0.05, 0) is 48.0 Å². The van der Waals surface area contributed by atoms with Crippen LogP contribution in [0.3, 0.4) is 0 Å². The van der Waals surface area contributed by atoms with Crippen LogP contribution in [-0.4, -0.2) is 26.5 Å². The Hall–Kier alpha value is -0.720. The van der Waals surface area contributed by atoms with Gasteiger partial charge in [-0.15, -0.1) is 0 Å². The molecule has 0 bridgehead atoms. The van der Waals surface area contributed by atoms with Gasteiger partial charge in [-0.3, -0.25) is 0 Å². The predicted octanol–water partition coefficient (Wildman–Crippen LogP) is 1.86. The summed E-state index contributed by atoms with van der Waals surface area (Å²) in [6.45, 7) is 2.51. The van der Waals surface area contributed by atoms with Crippen LogP contribution in [0.4, 0.5) is 5.69 Å². The van der Waals surface area contributed by atoms with Crippen LogP contribution in [-0.2, 0) is 16.4 Å². The first-order chi connectivity index (χ1) is 9.03. The van der Waals surface area contributed by atoms with Crippen molar-refractivity contribution in [2.24, 2.45) is 5.92 Å². The summed E-state index contributed by atoms with van der Waals surface area (Å²) in [6, 6.07) is 4.96. The number of thioether (sulfide) groups is 1. The van der Waals surface area contributed by atoms with Crippen LogP contribution < -0.4 is 10.5 Å². The van der Waals surface area contributed by atoms with Gasteiger partial charge in [0, 0.05) is 12.2 Å². The van der Waals surface area contributed by atoms with Gasteiger partial charge in [0.1, 0.15) is 0 Å². The predicted molar refractivity (Wildman–Crippen MR) is 80.9 cm³/mol. The molecule has 106 valence electrons. The molecule has 1 aliphatic rings. The molecular weight excluding hydrogens is 280 g/mol. The van der Waals surface area contributed by atoms with E-state index in [2.05, 4.69) is 4.72 Å². The summed E-state index contributed by atoms with van der Waals surface area (Å²) >= 11 is 1.88. The van der Waals surface area contributed by atoms with E-state index in [0.717, 1.165) is 29.9 Å². The number of nitrogens with two attached hydrogens (primary N) is 1. The molecule has 0 aromatic heterocycles. The average Bonchev–Trinajstić information content (AvgIpc) is 2.89. The first kappa shape index (κ1) is 14.7. The molecule has 0 aliphatic carbocycles. The molecule has 1 atom stereocenters. The highest BCUT2D eigenvalue weighted by Crippen LogP contribution is 2.23. The zero-order chi connectivity index (χ0) is 13.9. The fourth-order valence-corrected chi connectivity index (χ4v) is 4.55. The molecular formula is C13H20N2O2S2. The second-order valence-electron chi connectivity index (χ2n) is 4.80. The van der Waals surface area contributed by atoms with Crippen LogP contribution in [0.2, 0.25) is 0 Å². The number of nitrogens with one attached hydrogen (secondary N) is 1. The molecule has 1 aromatic carbocycles. The number of hydrogen-bond donors (Lipinski definition) is 2. The van der Waals surface area contributed by atoms with Crippen LogP contribution in [0.15, 0.2) is 23.1 Å². The molecule has 3 N–H and O–H groups in total. The molecule has 2 rings (SSSR count). The number of nitrogen functional groups attached to an aromatic ring is 1. The smallest absolute Gasteiger partial charge is 0.240 e. The Bertz CT molecular complexity index is 538. The number of anilines is 1. The number of aryl methyl sites for hydroxylation is 1. The molecule has 4 nitrogen and oxygen atoms in total. The van der Waals surface area contributed by atoms with Crippen LogP contribution in [0, 0.1) is 5.92 Å². The van der Waals surface area contributed by atoms with E-state index in [1.165, 1.54) is 0 Å². The number of sulfonamides is 1. The summed E-state index contributed by atoms with van der Waals surface area (Å²) in [4.78, 5) is 0.257. The summed E-state index contributed by atoms with van der Waals surface area (Å²) in [6.07, 6.45) is 1.89. The van der Waals surface area contributed by atoms with Gasteiger partial charge in [-0.25, -0.2) is 13.1 Å². The van der Waals surface area contributed by atoms with E-state index in [-0.39, 0.29) is 4.90 Å². The fourth-order valence-electron chi connectivity index (χ4n) is 2.12. The van der Waals surface area contributed by atoms with E-state index in [1.54, 1.807) is 18.2 Å². The molecule has 1 fully saturated rings. The topological polar surface area (TPSA) is 72.2 Å². The normalized spacial score (nSPS) is 19.7. The van der Waals surface area contributed by atoms with Gasteiger partial charge in [0.2, 0.25) is 10.0 Å². The van der Waals surface area contributed by atoms with Gasteiger partial charge in [-0.1, -0.05) is 13.0 Å². The molecule has 19 heavy (non-hydrogen) atoms. The first-order valence-electron chi connectivity index (χ1n) is 6.48. The minimum atomic E-state index is -3.43. The maximum absolute atomic E-state index is 12.2. The molecule has 6 heteroatoms. The lowest BCUT2D eigenvalue weighted by atomic mass is 10.1. The molecule has 0 amide bonds. The van der Waals surface area contributed by atoms with Crippen molar-refractivity contribution in [1.82, 2.24) is 4.72 Å². The van der Waals surface area contributed by atoms with Crippen molar-refractivity contribution in [2.45, 2.75) is 24.7 Å². The Morgan fingerprint density at radius 3 is 2.84 bits per heavy atom. The fraction of sp³-hybridized carbons (Fsp3) is 0.538. The monoisotopic (exact) mass is 300 g/mol. The van der Waals surface area contributed by atoms with Crippen molar-refractivity contribution in [1.29, 1.82) is 0 Å². The number of hydrogen-bond acceptors (Lipinski definition) is 4. The highest BCUT2D eigenvalue weighted by atomic mass is 32.2. The largest absolute Gasteiger partial charge is 0.398 e. The molecule has 1 aromatic rings. The van der Waals surface area contributed by atoms with Crippen molar-refractivity contribution in [2.75, 3.05) is 23.8 Å². The number of rotatable bonds is 5. The molecule has 1 saturated heterocycles. The Kier molecular flexibility index (Phi) is 4.76. The standard InChI is InChI=1S/C13H20N2O2S2/c1-2-11-3-4-12(7-13(11)14)19(16,17)15-8-10-5-6-18-9-10/h3-4,7,10,15H,2,5-6,8-9,14H2,1H3. The van der Waals surface area contributed by atoms with Crippen LogP contribution in [0.5, 0.6) is 0 Å². The van der Waals surface area contributed by atoms with E-state index in [9.17, 15) is 8.42 Å². The lowest BCUT2D eigenvalue weighted by Crippen LogP contribution is -2.29. The van der Waals surface area contributed by atoms with Crippen molar-refractivity contribution >= 4 is 27.5 Å². The third-order valence-electron chi connectivity index (χ3n) is 3.39. The molecule has 1 heterocycles. The lowest BCUT2D eigenvalue weighted by molar-refractivity contribution is 0.546. The Balaban J connectivity index is 2.08. The van der Waals surface area contributed by atoms with Crippen LogP contribution >= 0.6 is 11.8 Å². The van der Waals surface area contributed by atoms with Crippen molar-refractivity contribution < 1.29 is 8.42 Å². The maximum atomic E-state index is 12.2. The van der Waals surface area contributed by atoms with E-state index in [1.807, 2.05) is 18.7 Å². The van der Waals surface area contributed by atoms with Crippen LogP contribution in [0.25, 0.3) is 0 Å². The Morgan fingerprint density at radius 1 is 1.47 bits per heavy atom. The van der Waals surface area contributed by atoms with Gasteiger partial charge < -0.3 is 5.73 Å². The Labute approximate surface area is 119 Å². The van der Waals surface area contributed by atoms with Crippen LogP contribution in [0.1, 0.15) is 18.9 Å². The first-order valence-corrected chi connectivity index (χ1v) is 9.12. The summed E-state index contributed by atoms with van der Waals surface area (Å²) in [5, 5.41) is 0. The zero-order valence-corrected chi connectivity index (χ0v) is 12.7. The second kappa shape index (κ2) is 6.15. The van der Waals surface area contributed by atoms with E-state index >= 15 is 0 Å². The van der Waals surface area contributed by atoms with E-state index in [0.29, 0.717) is 18.2 Å². The Morgan fingerprint density at radius 2 is 2.26 bits per heavy atom. The van der Waals surface area contributed by atoms with Crippen molar-refractivity contribution in [3.05, 3.63) is 23.8 Å². The number of benzene rings is 1. The highest BCUT2D eigenvalue weighted by molar-refractivity contribution is 7.99. The van der Waals surface area contributed by atoms with E-state index in [4.69, 9.17) is 5.73 Å². The van der Waals surface area contributed by atoms with Gasteiger partial charge in [-0.2, -0.15) is 11.8 Å². The molecule has 0 spiro atoms. The molecule has 1 unspecified atom stereocenters. The van der Waals surface area contributed by atoms with E-state index < -0.39 is 10.0 Å². The second-order valence-corrected chi connectivity index (χ2v) is 7.71. The maximum Gasteiger partial charge on any atom is 0.240 e. The molecule has 1 aliphatic heterocycles. The molecule has 0 radical (unpaired) electrons. The third kappa shape index (κ3) is 3.64. The molecule has 0 saturated carbocycles. The minimum Gasteiger partial charge on any atom is -0.398 e. The summed E-state index contributed by atoms with van der Waals surface area (Å²) in [5.74, 6) is 2.62. The average molecular weight is 300 g/mol. The van der Waals surface area contributed by atoms with Gasteiger partial charge in [0.05, 0.1) is 4.90 Å². The summed E-state index contributed by atoms with van der Waals surface area (Å²) in [5.41, 5.74) is 7.37. The van der Waals surface area contributed by atoms with Gasteiger partial charge >= 0.3 is 0 Å². The van der Waals surface area contributed by atoms with Gasteiger partial charge in [0.15, 0.2) is 0 Å². The summed E-state index contributed by atoms with van der Waals surface area (Å²) < 4.78 is 27.0. The zero-order valence-electron chi connectivity index (χ0n) is 11.1. The highest BCUT2D eigenvalue weighted by Gasteiger charge is 2.20. The lowest BCUT2D eigenvalue weighted by Gasteiger charge is -2.12.